The summed E-state index contributed by atoms with van der Waals surface area (Å²) in [6.45, 7) is 1.82. The van der Waals surface area contributed by atoms with Crippen molar-refractivity contribution >= 4 is 16.6 Å². The highest BCUT2D eigenvalue weighted by Gasteiger charge is 2.20. The Morgan fingerprint density at radius 3 is 2.79 bits per heavy atom. The van der Waals surface area contributed by atoms with Crippen LogP contribution in [0.4, 0.5) is 5.82 Å². The lowest BCUT2D eigenvalue weighted by molar-refractivity contribution is 0.499. The van der Waals surface area contributed by atoms with Gasteiger partial charge in [-0.05, 0) is 30.4 Å². The van der Waals surface area contributed by atoms with Crippen LogP contribution < -0.4 is 10.6 Å². The second-order valence-corrected chi connectivity index (χ2v) is 4.97. The Labute approximate surface area is 112 Å². The number of hydrogen-bond acceptors (Lipinski definition) is 4. The van der Waals surface area contributed by atoms with Crippen LogP contribution in [-0.4, -0.2) is 24.1 Å². The maximum atomic E-state index is 9.28. The molecule has 1 aliphatic heterocycles. The summed E-state index contributed by atoms with van der Waals surface area (Å²) in [5.74, 6) is 0.918. The molecule has 2 aromatic rings. The summed E-state index contributed by atoms with van der Waals surface area (Å²) in [6.07, 6.45) is 3.77. The molecule has 19 heavy (non-hydrogen) atoms. The van der Waals surface area contributed by atoms with Gasteiger partial charge >= 0.3 is 0 Å². The van der Waals surface area contributed by atoms with Crippen LogP contribution in [-0.2, 0) is 0 Å². The molecule has 2 N–H and O–H groups in total. The predicted octanol–water partition coefficient (Wildman–Crippen LogP) is 2.03. The van der Waals surface area contributed by atoms with Crippen molar-refractivity contribution in [3.05, 3.63) is 36.0 Å². The number of fused-ring (bicyclic) bond motifs is 1. The third kappa shape index (κ3) is 2.13. The fraction of sp³-hybridized carbons (Fsp3) is 0.333. The van der Waals surface area contributed by atoms with Crippen LogP contribution in [0.1, 0.15) is 18.4 Å². The van der Waals surface area contributed by atoms with Crippen LogP contribution in [0.5, 0.6) is 0 Å². The van der Waals surface area contributed by atoms with Gasteiger partial charge in [0.1, 0.15) is 5.82 Å². The highest BCUT2D eigenvalue weighted by Crippen LogP contribution is 2.29. The van der Waals surface area contributed by atoms with Crippen molar-refractivity contribution in [1.82, 2.24) is 4.98 Å². The predicted molar refractivity (Wildman–Crippen MR) is 75.9 cm³/mol. The number of nitrogens with zero attached hydrogens (tertiary/aromatic N) is 3. The van der Waals surface area contributed by atoms with Gasteiger partial charge in [-0.25, -0.2) is 4.98 Å². The number of anilines is 1. The molecule has 1 aliphatic rings. The number of rotatable bonds is 1. The summed E-state index contributed by atoms with van der Waals surface area (Å²) in [4.78, 5) is 6.74. The Bertz CT molecular complexity index is 631. The number of hydrogen-bond donors (Lipinski definition) is 1. The van der Waals surface area contributed by atoms with E-state index in [0.717, 1.165) is 42.5 Å². The minimum absolute atomic E-state index is 0.293. The van der Waals surface area contributed by atoms with E-state index >= 15 is 0 Å². The molecule has 0 amide bonds. The van der Waals surface area contributed by atoms with Crippen LogP contribution in [0.3, 0.4) is 0 Å². The smallest absolute Gasteiger partial charge is 0.137 e. The SMILES string of the molecule is N#Cc1cccc2ccnc(N3CCC(N)CC3)c12. The van der Waals surface area contributed by atoms with Crippen molar-refractivity contribution in [1.29, 1.82) is 5.26 Å². The monoisotopic (exact) mass is 252 g/mol. The Balaban J connectivity index is 2.11. The van der Waals surface area contributed by atoms with E-state index in [1.54, 1.807) is 0 Å². The molecule has 1 aromatic heterocycles. The first kappa shape index (κ1) is 11.9. The molecule has 3 rings (SSSR count). The third-order valence-corrected chi connectivity index (χ3v) is 3.73. The van der Waals surface area contributed by atoms with Crippen molar-refractivity contribution in [2.45, 2.75) is 18.9 Å². The molecule has 1 aromatic carbocycles. The second kappa shape index (κ2) is 4.87. The van der Waals surface area contributed by atoms with Gasteiger partial charge in [-0.1, -0.05) is 12.1 Å². The molecule has 1 saturated heterocycles. The molecule has 4 heteroatoms. The Morgan fingerprint density at radius 1 is 1.26 bits per heavy atom. The van der Waals surface area contributed by atoms with Crippen LogP contribution in [0.15, 0.2) is 30.5 Å². The first-order valence-corrected chi connectivity index (χ1v) is 6.58. The summed E-state index contributed by atoms with van der Waals surface area (Å²) in [6, 6.07) is 10.3. The normalized spacial score (nSPS) is 16.5. The van der Waals surface area contributed by atoms with Gasteiger partial charge in [0.15, 0.2) is 0 Å². The van der Waals surface area contributed by atoms with E-state index in [1.165, 1.54) is 0 Å². The lowest BCUT2D eigenvalue weighted by atomic mass is 10.0. The summed E-state index contributed by atoms with van der Waals surface area (Å²) < 4.78 is 0. The average Bonchev–Trinajstić information content (AvgIpc) is 2.47. The first-order valence-electron chi connectivity index (χ1n) is 6.58. The van der Waals surface area contributed by atoms with E-state index < -0.39 is 0 Å². The van der Waals surface area contributed by atoms with Gasteiger partial charge in [-0.2, -0.15) is 5.26 Å². The Morgan fingerprint density at radius 2 is 2.05 bits per heavy atom. The van der Waals surface area contributed by atoms with Crippen LogP contribution in [0.2, 0.25) is 0 Å². The molecule has 96 valence electrons. The number of piperidine rings is 1. The number of pyridine rings is 1. The van der Waals surface area contributed by atoms with E-state index in [1.807, 2.05) is 30.5 Å². The number of nitrogens with two attached hydrogens (primary N) is 1. The average molecular weight is 252 g/mol. The molecular weight excluding hydrogens is 236 g/mol. The fourth-order valence-electron chi connectivity index (χ4n) is 2.66. The van der Waals surface area contributed by atoms with E-state index in [9.17, 15) is 5.26 Å². The summed E-state index contributed by atoms with van der Waals surface area (Å²) in [7, 11) is 0. The van der Waals surface area contributed by atoms with E-state index in [2.05, 4.69) is 16.0 Å². The van der Waals surface area contributed by atoms with Crippen molar-refractivity contribution < 1.29 is 0 Å². The van der Waals surface area contributed by atoms with Crippen LogP contribution in [0, 0.1) is 11.3 Å². The van der Waals surface area contributed by atoms with Crippen LogP contribution in [0.25, 0.3) is 10.8 Å². The molecule has 2 heterocycles. The molecule has 4 nitrogen and oxygen atoms in total. The molecule has 1 fully saturated rings. The van der Waals surface area contributed by atoms with Gasteiger partial charge < -0.3 is 10.6 Å². The molecule has 0 spiro atoms. The van der Waals surface area contributed by atoms with E-state index in [-0.39, 0.29) is 0 Å². The highest BCUT2D eigenvalue weighted by molar-refractivity contribution is 5.96. The molecule has 0 bridgehead atoms. The fourth-order valence-corrected chi connectivity index (χ4v) is 2.66. The van der Waals surface area contributed by atoms with Crippen molar-refractivity contribution in [2.24, 2.45) is 5.73 Å². The zero-order valence-electron chi connectivity index (χ0n) is 10.7. The summed E-state index contributed by atoms with van der Waals surface area (Å²) in [5, 5.41) is 11.3. The Hall–Kier alpha value is -2.12. The summed E-state index contributed by atoms with van der Waals surface area (Å²) in [5.41, 5.74) is 6.63. The van der Waals surface area contributed by atoms with Crippen molar-refractivity contribution in [3.8, 4) is 6.07 Å². The second-order valence-electron chi connectivity index (χ2n) is 4.97. The lowest BCUT2D eigenvalue weighted by Gasteiger charge is -2.31. The quantitative estimate of drug-likeness (QED) is 0.843. The standard InChI is InChI=1S/C15H16N4/c16-10-12-3-1-2-11-4-7-18-15(14(11)12)19-8-5-13(17)6-9-19/h1-4,7,13H,5-6,8-9,17H2. The Kier molecular flexibility index (Phi) is 3.06. The number of benzene rings is 1. The molecule has 0 radical (unpaired) electrons. The van der Waals surface area contributed by atoms with Gasteiger partial charge in [-0.3, -0.25) is 0 Å². The molecule has 0 aliphatic carbocycles. The topological polar surface area (TPSA) is 65.9 Å². The number of nitriles is 1. The largest absolute Gasteiger partial charge is 0.356 e. The molecule has 0 atom stereocenters. The zero-order valence-corrected chi connectivity index (χ0v) is 10.7. The van der Waals surface area contributed by atoms with Gasteiger partial charge in [0.05, 0.1) is 11.6 Å². The van der Waals surface area contributed by atoms with Gasteiger partial charge in [0, 0.05) is 30.7 Å². The van der Waals surface area contributed by atoms with Crippen molar-refractivity contribution in [2.75, 3.05) is 18.0 Å². The maximum absolute atomic E-state index is 9.28. The third-order valence-electron chi connectivity index (χ3n) is 3.73. The lowest BCUT2D eigenvalue weighted by Crippen LogP contribution is -2.40. The minimum Gasteiger partial charge on any atom is -0.356 e. The maximum Gasteiger partial charge on any atom is 0.137 e. The highest BCUT2D eigenvalue weighted by atomic mass is 15.2. The van der Waals surface area contributed by atoms with E-state index in [4.69, 9.17) is 5.73 Å². The van der Waals surface area contributed by atoms with Gasteiger partial charge in [-0.15, -0.1) is 0 Å². The minimum atomic E-state index is 0.293. The molecular formula is C15H16N4. The van der Waals surface area contributed by atoms with Crippen molar-refractivity contribution in [3.63, 3.8) is 0 Å². The van der Waals surface area contributed by atoms with Gasteiger partial charge in [0.25, 0.3) is 0 Å². The zero-order chi connectivity index (χ0) is 13.2. The van der Waals surface area contributed by atoms with Gasteiger partial charge in [0.2, 0.25) is 0 Å². The molecule has 0 saturated carbocycles. The number of aromatic nitrogens is 1. The van der Waals surface area contributed by atoms with Crippen LogP contribution >= 0.6 is 0 Å². The summed E-state index contributed by atoms with van der Waals surface area (Å²) >= 11 is 0. The molecule has 0 unspecified atom stereocenters. The first-order chi connectivity index (χ1) is 9.29. The van der Waals surface area contributed by atoms with E-state index in [0.29, 0.717) is 11.6 Å².